The molecule has 14 heteroatoms. The van der Waals surface area contributed by atoms with Crippen molar-refractivity contribution in [1.29, 1.82) is 0 Å². The third kappa shape index (κ3) is 16.7. The molecule has 4 fully saturated rings. The highest BCUT2D eigenvalue weighted by molar-refractivity contribution is 5.84. The summed E-state index contributed by atoms with van der Waals surface area (Å²) in [5.74, 6) is -2.43. The lowest BCUT2D eigenvalue weighted by molar-refractivity contribution is -0.143. The molecule has 12 nitrogen and oxygen atoms in total. The molecule has 0 aromatic heterocycles. The first-order chi connectivity index (χ1) is 30.9. The Balaban J connectivity index is 0.000000291. The number of carboxylic acids is 1. The number of hydrogen-bond acceptors (Lipinski definition) is 9. The van der Waals surface area contributed by atoms with Crippen LogP contribution in [-0.4, -0.2) is 137 Å². The van der Waals surface area contributed by atoms with E-state index in [0.29, 0.717) is 54.7 Å². The first-order valence-corrected chi connectivity index (χ1v) is 24.3. The van der Waals surface area contributed by atoms with E-state index >= 15 is 0 Å². The summed E-state index contributed by atoms with van der Waals surface area (Å²) < 4.78 is 28.4. The number of anilines is 1. The van der Waals surface area contributed by atoms with Gasteiger partial charge >= 0.3 is 5.97 Å². The van der Waals surface area contributed by atoms with E-state index < -0.39 is 41.6 Å². The van der Waals surface area contributed by atoms with Gasteiger partial charge in [-0.1, -0.05) is 105 Å². The Hall–Kier alpha value is -3.98. The van der Waals surface area contributed by atoms with Crippen LogP contribution in [0.1, 0.15) is 141 Å². The van der Waals surface area contributed by atoms with E-state index in [2.05, 4.69) is 9.80 Å². The Kier molecular flexibility index (Phi) is 23.7. The smallest absolute Gasteiger partial charge is 0.306 e. The van der Waals surface area contributed by atoms with Gasteiger partial charge in [0.25, 0.3) is 11.8 Å². The molecule has 2 saturated carbocycles. The van der Waals surface area contributed by atoms with E-state index in [0.717, 1.165) is 51.9 Å². The molecule has 0 spiro atoms. The number of aliphatic hydroxyl groups excluding tert-OH is 2. The van der Waals surface area contributed by atoms with Gasteiger partial charge in [0, 0.05) is 76.5 Å². The van der Waals surface area contributed by atoms with Crippen molar-refractivity contribution in [1.82, 2.24) is 19.6 Å². The van der Waals surface area contributed by atoms with Crippen LogP contribution in [0.25, 0.3) is 0 Å². The molecule has 6 atom stereocenters. The fraction of sp³-hybridized carbons (Fsp3) is 0.692. The predicted octanol–water partition coefficient (Wildman–Crippen LogP) is 7.74. The van der Waals surface area contributed by atoms with Crippen LogP contribution in [0.15, 0.2) is 36.4 Å². The van der Waals surface area contributed by atoms with E-state index in [1.54, 1.807) is 41.8 Å². The van der Waals surface area contributed by atoms with Crippen LogP contribution in [0.3, 0.4) is 0 Å². The summed E-state index contributed by atoms with van der Waals surface area (Å²) in [5.41, 5.74) is 7.03. The number of nitrogens with two attached hydrogens (primary N) is 1. The maximum atomic E-state index is 14.9. The summed E-state index contributed by atoms with van der Waals surface area (Å²) in [6.07, 6.45) is 12.0. The minimum atomic E-state index is -1.21. The van der Waals surface area contributed by atoms with Crippen molar-refractivity contribution in [3.63, 3.8) is 0 Å². The molecule has 0 bridgehead atoms. The highest BCUT2D eigenvalue weighted by atomic mass is 19.1. The van der Waals surface area contributed by atoms with Gasteiger partial charge in [-0.05, 0) is 86.5 Å². The van der Waals surface area contributed by atoms with Crippen molar-refractivity contribution in [2.75, 3.05) is 72.2 Å². The van der Waals surface area contributed by atoms with Gasteiger partial charge in [0.05, 0.1) is 11.6 Å². The molecule has 372 valence electrons. The number of aliphatic carboxylic acids is 1. The highest BCUT2D eigenvalue weighted by Crippen LogP contribution is 2.32. The van der Waals surface area contributed by atoms with Crippen molar-refractivity contribution in [3.8, 4) is 0 Å². The molecule has 2 amide bonds. The van der Waals surface area contributed by atoms with Crippen LogP contribution in [0.5, 0.6) is 0 Å². The second-order valence-electron chi connectivity index (χ2n) is 19.4. The lowest BCUT2D eigenvalue weighted by Crippen LogP contribution is -2.51. The maximum absolute atomic E-state index is 14.9. The van der Waals surface area contributed by atoms with Crippen molar-refractivity contribution >= 4 is 29.3 Å². The Labute approximate surface area is 394 Å². The first-order valence-electron chi connectivity index (χ1n) is 24.3. The van der Waals surface area contributed by atoms with Crippen LogP contribution >= 0.6 is 0 Å². The number of aliphatic hydroxyl groups is 2. The van der Waals surface area contributed by atoms with Crippen LogP contribution in [0.4, 0.5) is 14.5 Å². The number of carbonyl (C=O) groups excluding carboxylic acids is 3. The number of likely N-dealkylation sites (N-methyl/N-ethyl adjacent to an activating group) is 2. The number of carbonyl (C=O) groups is 4. The fourth-order valence-electron chi connectivity index (χ4n) is 9.47. The molecule has 2 aliphatic heterocycles. The lowest BCUT2D eigenvalue weighted by Gasteiger charge is -2.34. The van der Waals surface area contributed by atoms with Crippen molar-refractivity contribution in [3.05, 3.63) is 64.7 Å². The van der Waals surface area contributed by atoms with E-state index in [9.17, 15) is 38.2 Å². The van der Waals surface area contributed by atoms with Crippen molar-refractivity contribution in [2.45, 2.75) is 143 Å². The minimum absolute atomic E-state index is 0. The van der Waals surface area contributed by atoms with E-state index in [-0.39, 0.29) is 49.0 Å². The molecule has 5 N–H and O–H groups in total. The van der Waals surface area contributed by atoms with Gasteiger partial charge in [0.1, 0.15) is 29.6 Å². The molecular formula is C52H83F2N5O7. The second-order valence-corrected chi connectivity index (χ2v) is 19.4. The number of Topliss-reactive ketones (excluding diaryl/α,β-unsaturated/α-hetero) is 1. The monoisotopic (exact) mass is 928 g/mol. The molecule has 2 aromatic carbocycles. The van der Waals surface area contributed by atoms with Gasteiger partial charge in [-0.25, -0.2) is 8.78 Å². The molecule has 4 aliphatic rings. The zero-order valence-corrected chi connectivity index (χ0v) is 40.0. The number of nitrogen functional groups attached to an aromatic ring is 1. The second kappa shape index (κ2) is 27.7. The summed E-state index contributed by atoms with van der Waals surface area (Å²) in [7, 11) is 4.01. The van der Waals surface area contributed by atoms with Gasteiger partial charge < -0.3 is 40.7 Å². The quantitative estimate of drug-likeness (QED) is 0.122. The van der Waals surface area contributed by atoms with Gasteiger partial charge in [-0.15, -0.1) is 0 Å². The number of hydrogen-bond donors (Lipinski definition) is 4. The number of benzene rings is 2. The van der Waals surface area contributed by atoms with E-state index in [1.807, 2.05) is 27.9 Å². The number of amides is 2. The van der Waals surface area contributed by atoms with Crippen LogP contribution in [-0.2, 0) is 25.6 Å². The van der Waals surface area contributed by atoms with Crippen LogP contribution in [0, 0.1) is 35.3 Å². The third-order valence-corrected chi connectivity index (χ3v) is 14.7. The topological polar surface area (TPSA) is 168 Å². The van der Waals surface area contributed by atoms with Crippen molar-refractivity contribution < 1.29 is 43.3 Å². The third-order valence-electron chi connectivity index (χ3n) is 14.7. The zero-order valence-electron chi connectivity index (χ0n) is 40.0. The van der Waals surface area contributed by atoms with Crippen LogP contribution < -0.4 is 5.73 Å². The Morgan fingerprint density at radius 3 is 1.36 bits per heavy atom. The summed E-state index contributed by atoms with van der Waals surface area (Å²) >= 11 is 0. The average Bonchev–Trinajstić information content (AvgIpc) is 3.76. The number of halogens is 2. The Morgan fingerprint density at radius 1 is 0.606 bits per heavy atom. The van der Waals surface area contributed by atoms with Gasteiger partial charge in [-0.2, -0.15) is 0 Å². The molecule has 2 saturated heterocycles. The summed E-state index contributed by atoms with van der Waals surface area (Å²) in [6.45, 7) is 12.8. The molecule has 6 rings (SSSR count). The van der Waals surface area contributed by atoms with Gasteiger partial charge in [0.15, 0.2) is 0 Å². The molecule has 0 unspecified atom stereocenters. The predicted molar refractivity (Wildman–Crippen MR) is 258 cm³/mol. The van der Waals surface area contributed by atoms with E-state index in [4.69, 9.17) is 10.8 Å². The number of piperazine rings is 2. The molecule has 2 aromatic rings. The first kappa shape index (κ1) is 56.3. The molecule has 0 radical (unpaired) electrons. The zero-order chi connectivity index (χ0) is 47.8. The number of rotatable bonds is 12. The normalized spacial score (nSPS) is 20.8. The minimum Gasteiger partial charge on any atom is -0.481 e. The lowest BCUT2D eigenvalue weighted by atomic mass is 9.82. The highest BCUT2D eigenvalue weighted by Gasteiger charge is 2.32. The number of ketones is 1. The average molecular weight is 928 g/mol. The maximum Gasteiger partial charge on any atom is 0.306 e. The van der Waals surface area contributed by atoms with Gasteiger partial charge in [0.2, 0.25) is 0 Å². The SMILES string of the molecule is C.C[C@@H](c1ccc(N)c(F)c1)[C@@H](O)C(=O)N1CCN(C)CC1.C[C@H](C(=O)Cc1ccc([C@H](C)[C@@H](O)C(=O)N2CCN(C)CC2)cc1F)C1CCCCCC1.C[C@H](C(=O)O)C1CCCCCC1. The van der Waals surface area contributed by atoms with E-state index in [1.165, 1.54) is 69.6 Å². The summed E-state index contributed by atoms with van der Waals surface area (Å²) in [5, 5.41) is 29.7. The number of carboxylic acid groups (broad SMARTS) is 1. The van der Waals surface area contributed by atoms with Crippen molar-refractivity contribution in [2.24, 2.45) is 23.7 Å². The number of nitrogens with zero attached hydrogens (tertiary/aromatic N) is 4. The summed E-state index contributed by atoms with van der Waals surface area (Å²) in [6, 6.07) is 9.14. The van der Waals surface area contributed by atoms with Gasteiger partial charge in [-0.3, -0.25) is 19.2 Å². The Morgan fingerprint density at radius 2 is 0.985 bits per heavy atom. The fourth-order valence-corrected chi connectivity index (χ4v) is 9.47. The van der Waals surface area contributed by atoms with Crippen LogP contribution in [0.2, 0.25) is 0 Å². The molecule has 2 aliphatic carbocycles. The molecule has 2 heterocycles. The Bertz CT molecular complexity index is 1820. The largest absolute Gasteiger partial charge is 0.481 e. The standard InChI is InChI=1S/C26H39FN2O3.C15H22FN3O2.C10H18O2.CH4/c1-18(20-8-6-4-5-7-9-20)24(30)17-22-11-10-21(16-23(22)27)19(2)25(31)26(32)29-14-12-28(3)13-15-29;1-10(11-3-4-13(17)12(16)9-11)14(20)15(21)19-7-5-18(2)6-8-19;1-8(10(11)12)9-6-4-2-3-5-7-9;/h10-11,16,18-20,25,31H,4-9,12-15,17H2,1-3H3;3-4,9-10,14,20H,5-8,17H2,1-2H3;8-9H,2-7H2,1H3,(H,11,12);1H4/t18-,19-,25+;10-,14+;8-;/m000./s1. The molecule has 66 heavy (non-hydrogen) atoms. The summed E-state index contributed by atoms with van der Waals surface area (Å²) in [4.78, 5) is 56.2. The molecular weight excluding hydrogens is 845 g/mol.